The molecule has 0 aliphatic heterocycles. The lowest BCUT2D eigenvalue weighted by molar-refractivity contribution is -0.161. The maximum atomic E-state index is 12.9. The topological polar surface area (TPSA) is 231 Å². The van der Waals surface area contributed by atoms with E-state index in [0.29, 0.717) is 19.3 Å². The van der Waals surface area contributed by atoms with Crippen molar-refractivity contribution in [2.45, 2.75) is 322 Å². The summed E-state index contributed by atoms with van der Waals surface area (Å²) in [4.78, 5) is 58.5. The maximum Gasteiger partial charge on any atom is 0.472 e. The molecular formula is C79H136O16P2. The molecule has 0 saturated heterocycles. The highest BCUT2D eigenvalue weighted by Crippen LogP contribution is 2.45. The third-order valence-electron chi connectivity index (χ3n) is 15.7. The van der Waals surface area contributed by atoms with E-state index in [4.69, 9.17) is 32.3 Å². The van der Waals surface area contributed by atoms with Crippen molar-refractivity contribution >= 4 is 33.6 Å². The highest BCUT2D eigenvalue weighted by molar-refractivity contribution is 7.47. The molecule has 558 valence electrons. The molecule has 0 radical (unpaired) electrons. The lowest BCUT2D eigenvalue weighted by Crippen LogP contribution is -2.30. The van der Waals surface area contributed by atoms with Crippen molar-refractivity contribution < 1.29 is 75.8 Å². The summed E-state index contributed by atoms with van der Waals surface area (Å²) >= 11 is 0. The molecule has 0 heterocycles. The number of allylic oxidation sites excluding steroid dienone is 20. The summed E-state index contributed by atoms with van der Waals surface area (Å²) in [6, 6.07) is 0. The Bertz CT molecular complexity index is 2250. The van der Waals surface area contributed by atoms with Crippen molar-refractivity contribution in [2.24, 2.45) is 0 Å². The van der Waals surface area contributed by atoms with Gasteiger partial charge in [-0.15, -0.1) is 0 Å². The standard InChI is InChI=1S/C79H136O16P2/c1-4-7-10-13-16-19-22-25-27-29-31-32-33-34-35-36-37-38-39-40-42-44-45-48-50-53-56-59-62-65-77(82)89-68-74(80)69-91-96(85,86)92-70-75(81)71-93-97(87,88)94-73-76(95-79(84)67-64-61-58-55-52-47-24-21-18-15-12-9-6-3)72-90-78(83)66-63-60-57-54-51-49-46-43-41-30-28-26-23-20-17-14-11-8-5-2/h7-8,10-11,16-17,19-20,25-28,31-32,34-35,41,43,49,51,74-76,80-81H,4-6,9,12-15,18,21-24,29-30,33,36-40,42,44-48,50,52-73H2,1-3H3,(H,85,86)(H,87,88)/b10-7-,11-8-,19-16-,20-17-,27-25-,28-26-,32-31-,35-34-,43-41-,51-49-. The molecule has 5 unspecified atom stereocenters. The third kappa shape index (κ3) is 73.0. The van der Waals surface area contributed by atoms with Crippen LogP contribution in [0.2, 0.25) is 0 Å². The van der Waals surface area contributed by atoms with Gasteiger partial charge in [0.25, 0.3) is 0 Å². The van der Waals surface area contributed by atoms with Crippen LogP contribution in [0.4, 0.5) is 0 Å². The molecule has 0 aliphatic rings. The van der Waals surface area contributed by atoms with Gasteiger partial charge in [-0.25, -0.2) is 9.13 Å². The molecule has 0 bridgehead atoms. The molecule has 0 aromatic heterocycles. The summed E-state index contributed by atoms with van der Waals surface area (Å²) in [6.07, 6.45) is 84.0. The number of hydrogen-bond donors (Lipinski definition) is 4. The molecule has 0 saturated carbocycles. The van der Waals surface area contributed by atoms with Crippen molar-refractivity contribution in [3.05, 3.63) is 122 Å². The van der Waals surface area contributed by atoms with Crippen molar-refractivity contribution in [3.8, 4) is 0 Å². The molecule has 18 heteroatoms. The summed E-state index contributed by atoms with van der Waals surface area (Å²) in [6.45, 7) is 2.42. The largest absolute Gasteiger partial charge is 0.472 e. The van der Waals surface area contributed by atoms with Gasteiger partial charge in [0.1, 0.15) is 25.4 Å². The van der Waals surface area contributed by atoms with Crippen LogP contribution in [0.5, 0.6) is 0 Å². The summed E-state index contributed by atoms with van der Waals surface area (Å²) < 4.78 is 61.0. The number of aliphatic hydroxyl groups excluding tert-OH is 2. The minimum atomic E-state index is -4.93. The first-order valence-corrected chi connectivity index (χ1v) is 40.8. The predicted octanol–water partition coefficient (Wildman–Crippen LogP) is 21.8. The van der Waals surface area contributed by atoms with Crippen LogP contribution in [0.15, 0.2) is 122 Å². The maximum absolute atomic E-state index is 12.9. The number of carbonyl (C=O) groups is 3. The Labute approximate surface area is 589 Å². The molecule has 16 nitrogen and oxygen atoms in total. The fourth-order valence-corrected chi connectivity index (χ4v) is 11.6. The lowest BCUT2D eigenvalue weighted by Gasteiger charge is -2.21. The van der Waals surface area contributed by atoms with E-state index in [1.165, 1.54) is 109 Å². The average molecular weight is 1400 g/mol. The van der Waals surface area contributed by atoms with Gasteiger partial charge in [-0.2, -0.15) is 0 Å². The van der Waals surface area contributed by atoms with Gasteiger partial charge >= 0.3 is 33.6 Å². The number of ether oxygens (including phenoxy) is 3. The Morgan fingerprint density at radius 1 is 0.299 bits per heavy atom. The van der Waals surface area contributed by atoms with E-state index in [0.717, 1.165) is 135 Å². The number of rotatable bonds is 71. The number of hydrogen-bond acceptors (Lipinski definition) is 14. The lowest BCUT2D eigenvalue weighted by atomic mass is 10.0. The number of carbonyl (C=O) groups excluding carboxylic acids is 3. The Morgan fingerprint density at radius 2 is 0.546 bits per heavy atom. The van der Waals surface area contributed by atoms with Crippen LogP contribution in [-0.4, -0.2) is 95.9 Å². The van der Waals surface area contributed by atoms with Crippen LogP contribution in [0, 0.1) is 0 Å². The van der Waals surface area contributed by atoms with Crippen LogP contribution in [0.3, 0.4) is 0 Å². The molecule has 0 spiro atoms. The van der Waals surface area contributed by atoms with Crippen molar-refractivity contribution in [2.75, 3.05) is 39.6 Å². The fraction of sp³-hybridized carbons (Fsp3) is 0.709. The molecule has 5 atom stereocenters. The molecule has 4 N–H and O–H groups in total. The number of unbranched alkanes of at least 4 members (excludes halogenated alkanes) is 28. The monoisotopic (exact) mass is 1400 g/mol. The van der Waals surface area contributed by atoms with E-state index < -0.39 is 91.5 Å². The Morgan fingerprint density at radius 3 is 0.876 bits per heavy atom. The summed E-state index contributed by atoms with van der Waals surface area (Å²) in [5.74, 6) is -1.61. The van der Waals surface area contributed by atoms with Crippen LogP contribution >= 0.6 is 15.6 Å². The van der Waals surface area contributed by atoms with Gasteiger partial charge < -0.3 is 34.2 Å². The van der Waals surface area contributed by atoms with Gasteiger partial charge in [0.05, 0.1) is 26.4 Å². The zero-order valence-electron chi connectivity index (χ0n) is 60.7. The van der Waals surface area contributed by atoms with Gasteiger partial charge in [-0.1, -0.05) is 296 Å². The molecule has 97 heavy (non-hydrogen) atoms. The first-order valence-electron chi connectivity index (χ1n) is 37.8. The highest BCUT2D eigenvalue weighted by Gasteiger charge is 2.29. The molecular weight excluding hydrogens is 1270 g/mol. The molecule has 0 amide bonds. The minimum Gasteiger partial charge on any atom is -0.463 e. The normalized spacial score (nSPS) is 14.8. The van der Waals surface area contributed by atoms with E-state index >= 15 is 0 Å². The Hall–Kier alpha value is -4.05. The average Bonchev–Trinajstić information content (AvgIpc) is 1.64. The van der Waals surface area contributed by atoms with Gasteiger partial charge in [-0.3, -0.25) is 32.5 Å². The second-order valence-corrected chi connectivity index (χ2v) is 28.0. The zero-order valence-corrected chi connectivity index (χ0v) is 62.5. The van der Waals surface area contributed by atoms with E-state index in [1.54, 1.807) is 0 Å². The number of esters is 3. The quantitative estimate of drug-likeness (QED) is 0.0146. The second-order valence-electron chi connectivity index (χ2n) is 25.0. The summed E-state index contributed by atoms with van der Waals surface area (Å²) in [5, 5.41) is 20.6. The zero-order chi connectivity index (χ0) is 70.9. The SMILES string of the molecule is CC/C=C\C/C=C\C/C=C\C/C=C\C/C=C\CCCCCCCCCCCCCCCC(=O)OCC(O)COP(=O)(O)OCC(O)COP(=O)(O)OCC(COC(=O)CCCCC/C=C\C/C=C\C/C=C\C/C=C\C/C=C\CC)OC(=O)CCCCCCCCCCCCCCC. The smallest absolute Gasteiger partial charge is 0.463 e. The van der Waals surface area contributed by atoms with Gasteiger partial charge in [-0.05, 0) is 109 Å². The van der Waals surface area contributed by atoms with Crippen LogP contribution < -0.4 is 0 Å². The predicted molar refractivity (Wildman–Crippen MR) is 399 cm³/mol. The molecule has 0 aromatic rings. The molecule has 0 aliphatic carbocycles. The van der Waals surface area contributed by atoms with E-state index in [2.05, 4.69) is 142 Å². The van der Waals surface area contributed by atoms with Gasteiger partial charge in [0.2, 0.25) is 0 Å². The van der Waals surface area contributed by atoms with Crippen molar-refractivity contribution in [1.29, 1.82) is 0 Å². The number of aliphatic hydroxyl groups is 2. The third-order valence-corrected chi connectivity index (χ3v) is 17.6. The van der Waals surface area contributed by atoms with Crippen molar-refractivity contribution in [3.63, 3.8) is 0 Å². The number of phosphoric acid groups is 2. The Kier molecular flexibility index (Phi) is 68.8. The van der Waals surface area contributed by atoms with Crippen LogP contribution in [0.1, 0.15) is 303 Å². The van der Waals surface area contributed by atoms with E-state index in [9.17, 15) is 43.5 Å². The van der Waals surface area contributed by atoms with Gasteiger partial charge in [0, 0.05) is 19.3 Å². The molecule has 0 rings (SSSR count). The first-order chi connectivity index (χ1) is 47.2. The van der Waals surface area contributed by atoms with E-state index in [1.807, 2.05) is 0 Å². The first kappa shape index (κ1) is 93.0. The number of phosphoric ester groups is 2. The van der Waals surface area contributed by atoms with E-state index in [-0.39, 0.29) is 19.3 Å². The second kappa shape index (κ2) is 71.8. The summed E-state index contributed by atoms with van der Waals surface area (Å²) in [5.41, 5.74) is 0. The summed E-state index contributed by atoms with van der Waals surface area (Å²) in [7, 11) is -9.79. The minimum absolute atomic E-state index is 0.0984. The van der Waals surface area contributed by atoms with Crippen LogP contribution in [0.25, 0.3) is 0 Å². The Balaban J connectivity index is 4.50. The van der Waals surface area contributed by atoms with Crippen molar-refractivity contribution in [1.82, 2.24) is 0 Å². The van der Waals surface area contributed by atoms with Gasteiger partial charge in [0.15, 0.2) is 6.10 Å². The fourth-order valence-electron chi connectivity index (χ4n) is 9.98. The van der Waals surface area contributed by atoms with Crippen LogP contribution in [-0.2, 0) is 55.8 Å². The molecule has 0 fully saturated rings. The highest BCUT2D eigenvalue weighted by atomic mass is 31.2. The molecule has 0 aromatic carbocycles.